The van der Waals surface area contributed by atoms with E-state index < -0.39 is 5.41 Å². The van der Waals surface area contributed by atoms with Gasteiger partial charge in [0.1, 0.15) is 11.4 Å². The van der Waals surface area contributed by atoms with Crippen LogP contribution in [0.4, 0.5) is 0 Å². The van der Waals surface area contributed by atoms with E-state index in [4.69, 9.17) is 9.47 Å². The number of amides is 1. The molecule has 3 heterocycles. The van der Waals surface area contributed by atoms with E-state index in [1.165, 1.54) is 0 Å². The summed E-state index contributed by atoms with van der Waals surface area (Å²) in [5.41, 5.74) is 1.77. The minimum atomic E-state index is -0.764. The molecule has 7 heteroatoms. The summed E-state index contributed by atoms with van der Waals surface area (Å²) < 4.78 is 11.9. The predicted molar refractivity (Wildman–Crippen MR) is 117 cm³/mol. The third-order valence-electron chi connectivity index (χ3n) is 5.72. The molecule has 1 atom stereocenters. The molecule has 1 saturated heterocycles. The van der Waals surface area contributed by atoms with Crippen molar-refractivity contribution in [2.24, 2.45) is 5.41 Å². The van der Waals surface area contributed by atoms with Gasteiger partial charge in [-0.2, -0.15) is 0 Å². The molecule has 1 amide bonds. The van der Waals surface area contributed by atoms with Crippen LogP contribution in [0, 0.1) is 5.41 Å². The number of nitrogens with one attached hydrogen (secondary N) is 1. The highest BCUT2D eigenvalue weighted by Gasteiger charge is 2.45. The molecule has 0 saturated carbocycles. The van der Waals surface area contributed by atoms with Crippen molar-refractivity contribution in [2.75, 3.05) is 26.8 Å². The average Bonchev–Trinajstić information content (AvgIpc) is 3.36. The zero-order valence-corrected chi connectivity index (χ0v) is 18.1. The second-order valence-corrected chi connectivity index (χ2v) is 8.69. The van der Waals surface area contributed by atoms with E-state index in [-0.39, 0.29) is 11.9 Å². The Labute approximate surface area is 179 Å². The second-order valence-electron chi connectivity index (χ2n) is 7.74. The van der Waals surface area contributed by atoms with Crippen molar-refractivity contribution in [2.45, 2.75) is 26.2 Å². The van der Waals surface area contributed by atoms with Gasteiger partial charge in [-0.15, -0.1) is 11.3 Å². The van der Waals surface area contributed by atoms with Crippen LogP contribution in [-0.2, 0) is 16.0 Å². The molecular formula is C23H26N2O4S. The van der Waals surface area contributed by atoms with Crippen LogP contribution in [0.2, 0.25) is 0 Å². The Morgan fingerprint density at radius 3 is 2.90 bits per heavy atom. The molecule has 158 valence electrons. The summed E-state index contributed by atoms with van der Waals surface area (Å²) in [6.45, 7) is 3.10. The number of ether oxygens (including phenoxy) is 2. The summed E-state index contributed by atoms with van der Waals surface area (Å²) >= 11 is 1.60. The largest absolute Gasteiger partial charge is 0.497 e. The van der Waals surface area contributed by atoms with E-state index in [9.17, 15) is 9.59 Å². The van der Waals surface area contributed by atoms with Crippen molar-refractivity contribution in [3.8, 4) is 5.75 Å². The lowest BCUT2D eigenvalue weighted by atomic mass is 9.75. The van der Waals surface area contributed by atoms with Crippen LogP contribution in [0.3, 0.4) is 0 Å². The van der Waals surface area contributed by atoms with Crippen LogP contribution in [0.5, 0.6) is 5.75 Å². The third kappa shape index (κ3) is 3.94. The van der Waals surface area contributed by atoms with E-state index in [0.29, 0.717) is 38.2 Å². The molecule has 0 bridgehead atoms. The molecular weight excluding hydrogens is 400 g/mol. The standard InChI is InChI=1S/C23H26N2O4S/c1-3-29-22(27)23(14-16-6-4-7-17(12-16)28-2)9-5-10-25(15-23)21(26)19-13-20-18(24-19)8-11-30-20/h4,6-8,11-13,24H,3,5,9-10,14-15H2,1-2H3/t23-/m1/s1. The number of esters is 1. The molecule has 1 aromatic carbocycles. The lowest BCUT2D eigenvalue weighted by Gasteiger charge is -2.41. The molecule has 0 aliphatic carbocycles. The summed E-state index contributed by atoms with van der Waals surface area (Å²) in [4.78, 5) is 31.3. The fraction of sp³-hybridized carbons (Fsp3) is 0.391. The van der Waals surface area contributed by atoms with Gasteiger partial charge in [-0.3, -0.25) is 9.59 Å². The number of benzene rings is 1. The number of methoxy groups -OCH3 is 1. The normalized spacial score (nSPS) is 19.1. The number of likely N-dealkylation sites (tertiary alicyclic amines) is 1. The summed E-state index contributed by atoms with van der Waals surface area (Å²) in [5, 5.41) is 2.00. The Morgan fingerprint density at radius 1 is 1.27 bits per heavy atom. The number of nitrogens with zero attached hydrogens (tertiary/aromatic N) is 1. The Bertz CT molecular complexity index is 1030. The van der Waals surface area contributed by atoms with Gasteiger partial charge in [0.25, 0.3) is 5.91 Å². The first-order chi connectivity index (χ1) is 14.5. The van der Waals surface area contributed by atoms with Gasteiger partial charge < -0.3 is 19.4 Å². The molecule has 0 spiro atoms. The van der Waals surface area contributed by atoms with Crippen LogP contribution in [0.25, 0.3) is 10.2 Å². The highest BCUT2D eigenvalue weighted by atomic mass is 32.1. The zero-order chi connectivity index (χ0) is 21.1. The summed E-state index contributed by atoms with van der Waals surface area (Å²) in [5.74, 6) is 0.442. The molecule has 4 rings (SSSR count). The number of carbonyl (C=O) groups excluding carboxylic acids is 2. The van der Waals surface area contributed by atoms with Crippen molar-refractivity contribution in [1.82, 2.24) is 9.88 Å². The number of thiophene rings is 1. The lowest BCUT2D eigenvalue weighted by Crippen LogP contribution is -2.51. The first-order valence-corrected chi connectivity index (χ1v) is 11.1. The lowest BCUT2D eigenvalue weighted by molar-refractivity contribution is -0.158. The Morgan fingerprint density at radius 2 is 2.13 bits per heavy atom. The number of aromatic amines is 1. The van der Waals surface area contributed by atoms with Gasteiger partial charge in [0.05, 0.1) is 29.3 Å². The van der Waals surface area contributed by atoms with E-state index in [1.807, 2.05) is 48.7 Å². The van der Waals surface area contributed by atoms with Gasteiger partial charge in [0.2, 0.25) is 0 Å². The Balaban J connectivity index is 1.61. The number of hydrogen-bond acceptors (Lipinski definition) is 5. The Kier molecular flexibility index (Phi) is 5.81. The minimum Gasteiger partial charge on any atom is -0.497 e. The summed E-state index contributed by atoms with van der Waals surface area (Å²) in [6.07, 6.45) is 1.95. The fourth-order valence-electron chi connectivity index (χ4n) is 4.28. The van der Waals surface area contributed by atoms with Crippen LogP contribution >= 0.6 is 11.3 Å². The van der Waals surface area contributed by atoms with E-state index in [0.717, 1.165) is 28.0 Å². The number of rotatable bonds is 6. The number of H-pyrrole nitrogens is 1. The Hall–Kier alpha value is -2.80. The summed E-state index contributed by atoms with van der Waals surface area (Å²) in [6, 6.07) is 11.6. The first kappa shape index (κ1) is 20.5. The maximum atomic E-state index is 13.2. The number of piperidine rings is 1. The monoisotopic (exact) mass is 426 g/mol. The molecule has 1 fully saturated rings. The van der Waals surface area contributed by atoms with Crippen LogP contribution < -0.4 is 4.74 Å². The third-order valence-corrected chi connectivity index (χ3v) is 6.58. The molecule has 1 aliphatic heterocycles. The minimum absolute atomic E-state index is 0.0718. The van der Waals surface area contributed by atoms with E-state index in [1.54, 1.807) is 23.3 Å². The van der Waals surface area contributed by atoms with Gasteiger partial charge in [0.15, 0.2) is 0 Å². The van der Waals surface area contributed by atoms with Crippen molar-refractivity contribution in [1.29, 1.82) is 0 Å². The molecule has 1 aliphatic rings. The van der Waals surface area contributed by atoms with Gasteiger partial charge in [-0.05, 0) is 61.4 Å². The molecule has 2 aromatic heterocycles. The highest BCUT2D eigenvalue weighted by Crippen LogP contribution is 2.37. The van der Waals surface area contributed by atoms with Crippen LogP contribution in [-0.4, -0.2) is 48.6 Å². The van der Waals surface area contributed by atoms with Gasteiger partial charge in [-0.1, -0.05) is 12.1 Å². The van der Waals surface area contributed by atoms with E-state index >= 15 is 0 Å². The average molecular weight is 427 g/mol. The van der Waals surface area contributed by atoms with Crippen molar-refractivity contribution in [3.05, 3.63) is 53.0 Å². The topological polar surface area (TPSA) is 71.6 Å². The zero-order valence-electron chi connectivity index (χ0n) is 17.3. The first-order valence-electron chi connectivity index (χ1n) is 10.2. The summed E-state index contributed by atoms with van der Waals surface area (Å²) in [7, 11) is 1.63. The van der Waals surface area contributed by atoms with Crippen molar-refractivity contribution >= 4 is 33.4 Å². The maximum absolute atomic E-state index is 13.2. The molecule has 6 nitrogen and oxygen atoms in total. The molecule has 30 heavy (non-hydrogen) atoms. The van der Waals surface area contributed by atoms with Gasteiger partial charge in [0, 0.05) is 13.1 Å². The number of hydrogen-bond donors (Lipinski definition) is 1. The number of fused-ring (bicyclic) bond motifs is 1. The molecule has 3 aromatic rings. The fourth-order valence-corrected chi connectivity index (χ4v) is 5.06. The quantitative estimate of drug-likeness (QED) is 0.598. The molecule has 0 unspecified atom stereocenters. The molecule has 1 N–H and O–H groups in total. The van der Waals surface area contributed by atoms with Gasteiger partial charge >= 0.3 is 5.97 Å². The number of aromatic nitrogens is 1. The predicted octanol–water partition coefficient (Wildman–Crippen LogP) is 4.27. The maximum Gasteiger partial charge on any atom is 0.314 e. The SMILES string of the molecule is CCOC(=O)[C@@]1(Cc2cccc(OC)c2)CCCN(C(=O)c2cc3sccc3[nH]2)C1. The highest BCUT2D eigenvalue weighted by molar-refractivity contribution is 7.17. The smallest absolute Gasteiger partial charge is 0.314 e. The van der Waals surface area contributed by atoms with Gasteiger partial charge in [-0.25, -0.2) is 0 Å². The van der Waals surface area contributed by atoms with E-state index in [2.05, 4.69) is 4.98 Å². The van der Waals surface area contributed by atoms with Crippen molar-refractivity contribution < 1.29 is 19.1 Å². The molecule has 0 radical (unpaired) electrons. The van der Waals surface area contributed by atoms with Crippen LogP contribution in [0.1, 0.15) is 35.8 Å². The second kappa shape index (κ2) is 8.52. The van der Waals surface area contributed by atoms with Crippen molar-refractivity contribution in [3.63, 3.8) is 0 Å². The number of carbonyl (C=O) groups is 2. The van der Waals surface area contributed by atoms with Crippen LogP contribution in [0.15, 0.2) is 41.8 Å².